The maximum Gasteiger partial charge on any atom is 0.323 e. The average Bonchev–Trinajstić information content (AvgIpc) is 2.46. The quantitative estimate of drug-likeness (QED) is 0.664. The molecule has 1 aliphatic carbocycles. The molecule has 0 aromatic carbocycles. The van der Waals surface area contributed by atoms with Gasteiger partial charge >= 0.3 is 5.97 Å². The summed E-state index contributed by atoms with van der Waals surface area (Å²) in [7, 11) is 0. The zero-order valence-corrected chi connectivity index (χ0v) is 14.2. The fraction of sp³-hybridized carbons (Fsp3) is 0.941. The van der Waals surface area contributed by atoms with Gasteiger partial charge in [0.05, 0.1) is 12.7 Å². The van der Waals surface area contributed by atoms with E-state index < -0.39 is 0 Å². The van der Waals surface area contributed by atoms with Crippen molar-refractivity contribution in [2.75, 3.05) is 19.8 Å². The molecule has 1 rings (SSSR count). The van der Waals surface area contributed by atoms with E-state index in [9.17, 15) is 4.79 Å². The summed E-state index contributed by atoms with van der Waals surface area (Å²) in [5, 5.41) is 3.25. The molecule has 0 bridgehead atoms. The summed E-state index contributed by atoms with van der Waals surface area (Å²) in [6.45, 7) is 10.5. The number of carbonyl (C=O) groups excluding carboxylic acids is 1. The molecule has 0 amide bonds. The highest BCUT2D eigenvalue weighted by molar-refractivity contribution is 5.75. The number of nitrogens with one attached hydrogen (secondary N) is 1. The van der Waals surface area contributed by atoms with Crippen LogP contribution < -0.4 is 5.32 Å². The molecule has 124 valence electrons. The Labute approximate surface area is 130 Å². The van der Waals surface area contributed by atoms with Gasteiger partial charge in [-0.1, -0.05) is 20.8 Å². The standard InChI is InChI=1S/C17H33NO3/c1-5-10-18-16(17(19)20-6-2)9-11-21-15-8-7-13(3)14(4)12-15/h13-16,18H,5-12H2,1-4H3. The van der Waals surface area contributed by atoms with Gasteiger partial charge in [-0.3, -0.25) is 4.79 Å². The molecule has 4 atom stereocenters. The maximum atomic E-state index is 11.9. The Morgan fingerprint density at radius 1 is 1.24 bits per heavy atom. The van der Waals surface area contributed by atoms with Crippen molar-refractivity contribution < 1.29 is 14.3 Å². The lowest BCUT2D eigenvalue weighted by Gasteiger charge is -2.32. The van der Waals surface area contributed by atoms with E-state index in [-0.39, 0.29) is 12.0 Å². The zero-order chi connectivity index (χ0) is 15.7. The summed E-state index contributed by atoms with van der Waals surface area (Å²) in [5.41, 5.74) is 0. The molecule has 1 N–H and O–H groups in total. The van der Waals surface area contributed by atoms with E-state index in [1.165, 1.54) is 6.42 Å². The average molecular weight is 299 g/mol. The van der Waals surface area contributed by atoms with Crippen LogP contribution in [0.25, 0.3) is 0 Å². The molecule has 0 aromatic heterocycles. The van der Waals surface area contributed by atoms with Gasteiger partial charge in [-0.2, -0.15) is 0 Å². The third kappa shape index (κ3) is 6.79. The number of hydrogen-bond acceptors (Lipinski definition) is 4. The third-order valence-corrected chi connectivity index (χ3v) is 4.52. The van der Waals surface area contributed by atoms with Gasteiger partial charge in [-0.15, -0.1) is 0 Å². The van der Waals surface area contributed by atoms with E-state index in [0.29, 0.717) is 25.7 Å². The number of rotatable bonds is 9. The van der Waals surface area contributed by atoms with Crippen molar-refractivity contribution >= 4 is 5.97 Å². The predicted octanol–water partition coefficient (Wildman–Crippen LogP) is 3.15. The van der Waals surface area contributed by atoms with Gasteiger partial charge in [0, 0.05) is 6.61 Å². The Morgan fingerprint density at radius 2 is 2.00 bits per heavy atom. The Morgan fingerprint density at radius 3 is 2.62 bits per heavy atom. The van der Waals surface area contributed by atoms with Crippen LogP contribution in [0.1, 0.15) is 59.8 Å². The van der Waals surface area contributed by atoms with Crippen LogP contribution in [-0.4, -0.2) is 37.9 Å². The molecule has 0 radical (unpaired) electrons. The second-order valence-corrected chi connectivity index (χ2v) is 6.31. The number of hydrogen-bond donors (Lipinski definition) is 1. The topological polar surface area (TPSA) is 47.6 Å². The molecule has 0 aliphatic heterocycles. The molecule has 4 heteroatoms. The van der Waals surface area contributed by atoms with Crippen LogP contribution in [0, 0.1) is 11.8 Å². The monoisotopic (exact) mass is 299 g/mol. The number of carbonyl (C=O) groups is 1. The summed E-state index contributed by atoms with van der Waals surface area (Å²) in [6, 6.07) is -0.232. The van der Waals surface area contributed by atoms with E-state index in [2.05, 4.69) is 26.1 Å². The molecule has 4 nitrogen and oxygen atoms in total. The van der Waals surface area contributed by atoms with Gasteiger partial charge < -0.3 is 14.8 Å². The third-order valence-electron chi connectivity index (χ3n) is 4.52. The lowest BCUT2D eigenvalue weighted by atomic mass is 9.80. The Kier molecular flexibility index (Phi) is 8.93. The van der Waals surface area contributed by atoms with Crippen LogP contribution in [0.4, 0.5) is 0 Å². The van der Waals surface area contributed by atoms with Crippen molar-refractivity contribution in [2.24, 2.45) is 11.8 Å². The van der Waals surface area contributed by atoms with Crippen molar-refractivity contribution in [3.05, 3.63) is 0 Å². The molecule has 0 aromatic rings. The maximum absolute atomic E-state index is 11.9. The predicted molar refractivity (Wildman–Crippen MR) is 85.3 cm³/mol. The highest BCUT2D eigenvalue weighted by atomic mass is 16.5. The Bertz CT molecular complexity index is 296. The van der Waals surface area contributed by atoms with Crippen LogP contribution in [0.3, 0.4) is 0 Å². The normalized spacial score (nSPS) is 27.3. The second kappa shape index (κ2) is 10.2. The summed E-state index contributed by atoms with van der Waals surface area (Å²) < 4.78 is 11.1. The number of esters is 1. The first-order valence-corrected chi connectivity index (χ1v) is 8.60. The van der Waals surface area contributed by atoms with Crippen molar-refractivity contribution in [1.82, 2.24) is 5.32 Å². The first-order chi connectivity index (χ1) is 10.1. The van der Waals surface area contributed by atoms with E-state index in [0.717, 1.165) is 37.6 Å². The summed E-state index contributed by atoms with van der Waals surface area (Å²) in [5.74, 6) is 1.39. The highest BCUT2D eigenvalue weighted by Gasteiger charge is 2.25. The summed E-state index contributed by atoms with van der Waals surface area (Å²) >= 11 is 0. The van der Waals surface area contributed by atoms with Crippen LogP contribution >= 0.6 is 0 Å². The minimum absolute atomic E-state index is 0.153. The van der Waals surface area contributed by atoms with Crippen molar-refractivity contribution in [2.45, 2.75) is 71.9 Å². The van der Waals surface area contributed by atoms with Crippen molar-refractivity contribution in [1.29, 1.82) is 0 Å². The van der Waals surface area contributed by atoms with Crippen LogP contribution in [0.5, 0.6) is 0 Å². The fourth-order valence-electron chi connectivity index (χ4n) is 2.87. The SMILES string of the molecule is CCCNC(CCOC1CCC(C)C(C)C1)C(=O)OCC. The first kappa shape index (κ1) is 18.4. The molecule has 21 heavy (non-hydrogen) atoms. The van der Waals surface area contributed by atoms with Gasteiger partial charge in [0.1, 0.15) is 6.04 Å². The molecule has 1 saturated carbocycles. The lowest BCUT2D eigenvalue weighted by molar-refractivity contribution is -0.146. The van der Waals surface area contributed by atoms with Crippen molar-refractivity contribution in [3.63, 3.8) is 0 Å². The highest BCUT2D eigenvalue weighted by Crippen LogP contribution is 2.30. The van der Waals surface area contributed by atoms with E-state index >= 15 is 0 Å². The minimum Gasteiger partial charge on any atom is -0.465 e. The summed E-state index contributed by atoms with van der Waals surface area (Å²) in [6.07, 6.45) is 5.62. The molecule has 0 saturated heterocycles. The molecule has 0 heterocycles. The van der Waals surface area contributed by atoms with Gasteiger partial charge in [0.2, 0.25) is 0 Å². The van der Waals surface area contributed by atoms with Gasteiger partial charge in [-0.05, 0) is 57.4 Å². The molecular formula is C17H33NO3. The van der Waals surface area contributed by atoms with E-state index in [1.54, 1.807) is 0 Å². The zero-order valence-electron chi connectivity index (χ0n) is 14.2. The fourth-order valence-corrected chi connectivity index (χ4v) is 2.87. The van der Waals surface area contributed by atoms with Gasteiger partial charge in [0.15, 0.2) is 0 Å². The molecule has 0 spiro atoms. The number of ether oxygens (including phenoxy) is 2. The van der Waals surface area contributed by atoms with Gasteiger partial charge in [0.25, 0.3) is 0 Å². The van der Waals surface area contributed by atoms with E-state index in [4.69, 9.17) is 9.47 Å². The van der Waals surface area contributed by atoms with Crippen molar-refractivity contribution in [3.8, 4) is 0 Å². The Balaban J connectivity index is 2.30. The lowest BCUT2D eigenvalue weighted by Crippen LogP contribution is -2.40. The van der Waals surface area contributed by atoms with Crippen LogP contribution in [-0.2, 0) is 14.3 Å². The largest absolute Gasteiger partial charge is 0.465 e. The summed E-state index contributed by atoms with van der Waals surface area (Å²) in [4.78, 5) is 11.9. The first-order valence-electron chi connectivity index (χ1n) is 8.60. The van der Waals surface area contributed by atoms with Crippen LogP contribution in [0.15, 0.2) is 0 Å². The Hall–Kier alpha value is -0.610. The smallest absolute Gasteiger partial charge is 0.323 e. The molecule has 1 aliphatic rings. The second-order valence-electron chi connectivity index (χ2n) is 6.31. The molecule has 4 unspecified atom stereocenters. The van der Waals surface area contributed by atoms with Gasteiger partial charge in [-0.25, -0.2) is 0 Å². The molecular weight excluding hydrogens is 266 g/mol. The van der Waals surface area contributed by atoms with E-state index in [1.807, 2.05) is 6.92 Å². The molecule has 1 fully saturated rings. The van der Waals surface area contributed by atoms with Crippen LogP contribution in [0.2, 0.25) is 0 Å². The minimum atomic E-state index is -0.232.